The third-order valence-corrected chi connectivity index (χ3v) is 6.07. The highest BCUT2D eigenvalue weighted by Gasteiger charge is 2.28. The minimum Gasteiger partial charge on any atom is -0.341 e. The van der Waals surface area contributed by atoms with Gasteiger partial charge in [0.25, 0.3) is 0 Å². The highest BCUT2D eigenvalue weighted by molar-refractivity contribution is 5.98. The molecule has 4 nitrogen and oxygen atoms in total. The number of likely N-dealkylation sites (tertiary alicyclic amines) is 2. The monoisotopic (exact) mass is 394 g/mol. The van der Waals surface area contributed by atoms with Crippen LogP contribution in [0.15, 0.2) is 48.5 Å². The fraction of sp³-hybridized carbons (Fsp3) is 0.417. The summed E-state index contributed by atoms with van der Waals surface area (Å²) in [5.74, 6) is -0.212. The van der Waals surface area contributed by atoms with Crippen molar-refractivity contribution in [3.8, 4) is 11.1 Å². The van der Waals surface area contributed by atoms with E-state index in [-0.39, 0.29) is 23.4 Å². The van der Waals surface area contributed by atoms with Crippen molar-refractivity contribution in [2.75, 3.05) is 32.7 Å². The summed E-state index contributed by atoms with van der Waals surface area (Å²) in [5, 5.41) is 0. The largest absolute Gasteiger partial charge is 0.341 e. The first-order valence-corrected chi connectivity index (χ1v) is 10.5. The van der Waals surface area contributed by atoms with Crippen LogP contribution in [0, 0.1) is 11.7 Å². The second-order valence-corrected chi connectivity index (χ2v) is 8.05. The van der Waals surface area contributed by atoms with E-state index in [1.807, 2.05) is 35.2 Å². The van der Waals surface area contributed by atoms with Crippen LogP contribution < -0.4 is 0 Å². The lowest BCUT2D eigenvalue weighted by Gasteiger charge is -2.33. The number of carbonyl (C=O) groups is 2. The molecule has 1 amide bonds. The van der Waals surface area contributed by atoms with Gasteiger partial charge in [-0.15, -0.1) is 0 Å². The summed E-state index contributed by atoms with van der Waals surface area (Å²) in [4.78, 5) is 29.0. The number of nitrogens with zero attached hydrogens (tertiary/aromatic N) is 2. The standard InChI is InChI=1S/C24H27FN2O2/c25-22-16-19(10-11-21(22)18-6-2-1-3-7-18)24(29)20-8-4-12-26(17-20)14-15-27-13-5-9-23(27)28/h1-3,6-7,10-11,16,20H,4-5,8-9,12-15,17H2/t20-/m1/s1. The number of ketones is 1. The Hall–Kier alpha value is -2.53. The quantitative estimate of drug-likeness (QED) is 0.695. The number of carbonyl (C=O) groups excluding carboxylic acids is 2. The molecule has 2 saturated heterocycles. The summed E-state index contributed by atoms with van der Waals surface area (Å²) in [6.07, 6.45) is 3.39. The number of hydrogen-bond acceptors (Lipinski definition) is 3. The van der Waals surface area contributed by atoms with Crippen LogP contribution in [-0.2, 0) is 4.79 Å². The lowest BCUT2D eigenvalue weighted by atomic mass is 9.89. The van der Waals surface area contributed by atoms with Crippen molar-refractivity contribution in [1.82, 2.24) is 9.80 Å². The van der Waals surface area contributed by atoms with E-state index in [9.17, 15) is 14.0 Å². The molecular formula is C24H27FN2O2. The molecule has 0 bridgehead atoms. The summed E-state index contributed by atoms with van der Waals surface area (Å²) >= 11 is 0. The van der Waals surface area contributed by atoms with E-state index >= 15 is 0 Å². The first-order chi connectivity index (χ1) is 14.1. The fourth-order valence-electron chi connectivity index (χ4n) is 4.43. The van der Waals surface area contributed by atoms with Gasteiger partial charge in [0.1, 0.15) is 5.82 Å². The van der Waals surface area contributed by atoms with E-state index < -0.39 is 0 Å². The number of halogens is 1. The average Bonchev–Trinajstić information content (AvgIpc) is 3.17. The summed E-state index contributed by atoms with van der Waals surface area (Å²) in [5.41, 5.74) is 1.77. The molecule has 5 heteroatoms. The minimum atomic E-state index is -0.359. The number of benzene rings is 2. The van der Waals surface area contributed by atoms with Crippen LogP contribution in [0.5, 0.6) is 0 Å². The molecule has 2 aromatic rings. The number of piperidine rings is 1. The van der Waals surface area contributed by atoms with E-state index in [4.69, 9.17) is 0 Å². The molecule has 0 saturated carbocycles. The van der Waals surface area contributed by atoms with Crippen LogP contribution >= 0.6 is 0 Å². The van der Waals surface area contributed by atoms with Crippen LogP contribution in [0.25, 0.3) is 11.1 Å². The van der Waals surface area contributed by atoms with Gasteiger partial charge in [0.2, 0.25) is 5.91 Å². The van der Waals surface area contributed by atoms with Gasteiger partial charge in [-0.2, -0.15) is 0 Å². The Morgan fingerprint density at radius 2 is 1.86 bits per heavy atom. The van der Waals surface area contributed by atoms with Crippen molar-refractivity contribution >= 4 is 11.7 Å². The molecule has 0 N–H and O–H groups in total. The van der Waals surface area contributed by atoms with Crippen LogP contribution in [0.1, 0.15) is 36.0 Å². The Kier molecular flexibility index (Phi) is 6.05. The number of Topliss-reactive ketones (excluding diaryl/α,β-unsaturated/α-hetero) is 1. The van der Waals surface area contributed by atoms with Gasteiger partial charge in [-0.3, -0.25) is 9.59 Å². The van der Waals surface area contributed by atoms with Crippen LogP contribution in [0.2, 0.25) is 0 Å². The van der Waals surface area contributed by atoms with Crippen molar-refractivity contribution < 1.29 is 14.0 Å². The van der Waals surface area contributed by atoms with Crippen molar-refractivity contribution in [3.05, 3.63) is 59.9 Å². The Morgan fingerprint density at radius 1 is 1.03 bits per heavy atom. The zero-order chi connectivity index (χ0) is 20.2. The predicted octanol–water partition coefficient (Wildman–Crippen LogP) is 4.01. The van der Waals surface area contributed by atoms with Crippen molar-refractivity contribution in [2.24, 2.45) is 5.92 Å². The number of rotatable bonds is 6. The summed E-state index contributed by atoms with van der Waals surface area (Å²) in [6.45, 7) is 4.02. The van der Waals surface area contributed by atoms with E-state index in [1.54, 1.807) is 12.1 Å². The maximum atomic E-state index is 14.7. The molecule has 1 atom stereocenters. The molecule has 0 unspecified atom stereocenters. The second kappa shape index (κ2) is 8.87. The van der Waals surface area contributed by atoms with Gasteiger partial charge in [0, 0.05) is 49.6 Å². The lowest BCUT2D eigenvalue weighted by molar-refractivity contribution is -0.127. The van der Waals surface area contributed by atoms with Gasteiger partial charge in [0.05, 0.1) is 0 Å². The molecule has 0 radical (unpaired) electrons. The van der Waals surface area contributed by atoms with Gasteiger partial charge in [0.15, 0.2) is 5.78 Å². The van der Waals surface area contributed by atoms with E-state index in [1.165, 1.54) is 6.07 Å². The maximum Gasteiger partial charge on any atom is 0.222 e. The molecule has 0 aromatic heterocycles. The first kappa shape index (κ1) is 19.8. The van der Waals surface area contributed by atoms with E-state index in [2.05, 4.69) is 4.90 Å². The Morgan fingerprint density at radius 3 is 2.59 bits per heavy atom. The average molecular weight is 394 g/mol. The van der Waals surface area contributed by atoms with Gasteiger partial charge >= 0.3 is 0 Å². The van der Waals surface area contributed by atoms with E-state index in [0.29, 0.717) is 24.1 Å². The molecule has 2 aliphatic rings. The van der Waals surface area contributed by atoms with E-state index in [0.717, 1.165) is 51.0 Å². The Balaban J connectivity index is 1.39. The van der Waals surface area contributed by atoms with Gasteiger partial charge in [-0.1, -0.05) is 42.5 Å². The van der Waals surface area contributed by atoms with Crippen molar-refractivity contribution in [3.63, 3.8) is 0 Å². The predicted molar refractivity (Wildman–Crippen MR) is 111 cm³/mol. The number of hydrogen-bond donors (Lipinski definition) is 0. The molecule has 2 aromatic carbocycles. The van der Waals surface area contributed by atoms with Gasteiger partial charge in [-0.25, -0.2) is 4.39 Å². The summed E-state index contributed by atoms with van der Waals surface area (Å²) in [6, 6.07) is 14.2. The SMILES string of the molecule is O=C(c1ccc(-c2ccccc2)c(F)c1)[C@@H]1CCCN(CCN2CCCC2=O)C1. The van der Waals surface area contributed by atoms with Crippen LogP contribution in [0.3, 0.4) is 0 Å². The molecule has 152 valence electrons. The molecular weight excluding hydrogens is 367 g/mol. The third-order valence-electron chi connectivity index (χ3n) is 6.07. The highest BCUT2D eigenvalue weighted by Crippen LogP contribution is 2.26. The molecule has 2 heterocycles. The highest BCUT2D eigenvalue weighted by atomic mass is 19.1. The Bertz CT molecular complexity index is 884. The Labute approximate surface area is 171 Å². The second-order valence-electron chi connectivity index (χ2n) is 8.05. The normalized spacial score (nSPS) is 20.2. The minimum absolute atomic E-state index is 0.0189. The molecule has 0 spiro atoms. The summed E-state index contributed by atoms with van der Waals surface area (Å²) < 4.78 is 14.7. The molecule has 2 aliphatic heterocycles. The maximum absolute atomic E-state index is 14.7. The molecule has 0 aliphatic carbocycles. The van der Waals surface area contributed by atoms with Crippen LogP contribution in [-0.4, -0.2) is 54.2 Å². The smallest absolute Gasteiger partial charge is 0.222 e. The van der Waals surface area contributed by atoms with Gasteiger partial charge in [-0.05, 0) is 37.4 Å². The number of amides is 1. The zero-order valence-electron chi connectivity index (χ0n) is 16.6. The van der Waals surface area contributed by atoms with Crippen molar-refractivity contribution in [2.45, 2.75) is 25.7 Å². The molecule has 29 heavy (non-hydrogen) atoms. The fourth-order valence-corrected chi connectivity index (χ4v) is 4.43. The summed E-state index contributed by atoms with van der Waals surface area (Å²) in [7, 11) is 0. The lowest BCUT2D eigenvalue weighted by Crippen LogP contribution is -2.43. The first-order valence-electron chi connectivity index (χ1n) is 10.5. The molecule has 4 rings (SSSR count). The molecule has 2 fully saturated rings. The van der Waals surface area contributed by atoms with Crippen LogP contribution in [0.4, 0.5) is 4.39 Å². The third kappa shape index (κ3) is 4.56. The zero-order valence-corrected chi connectivity index (χ0v) is 16.6. The van der Waals surface area contributed by atoms with Crippen molar-refractivity contribution in [1.29, 1.82) is 0 Å². The van der Waals surface area contributed by atoms with Gasteiger partial charge < -0.3 is 9.80 Å². The topological polar surface area (TPSA) is 40.6 Å².